The highest BCUT2D eigenvalue weighted by molar-refractivity contribution is 7.91. The van der Waals surface area contributed by atoms with E-state index in [1.807, 2.05) is 0 Å². The number of carboxylic acid groups (broad SMARTS) is 1. The second-order valence-electron chi connectivity index (χ2n) is 5.08. The van der Waals surface area contributed by atoms with Crippen LogP contribution in [0.3, 0.4) is 0 Å². The van der Waals surface area contributed by atoms with E-state index in [1.54, 1.807) is 6.92 Å². The van der Waals surface area contributed by atoms with Gasteiger partial charge in [0.05, 0.1) is 9.79 Å². The Morgan fingerprint density at radius 2 is 1.58 bits per heavy atom. The molecule has 1 aliphatic heterocycles. The van der Waals surface area contributed by atoms with Crippen molar-refractivity contribution in [3.05, 3.63) is 45.9 Å². The predicted molar refractivity (Wildman–Crippen MR) is 85.8 cm³/mol. The Bertz CT molecular complexity index is 934. The predicted octanol–water partition coefficient (Wildman–Crippen LogP) is 3.32. The van der Waals surface area contributed by atoms with Gasteiger partial charge >= 0.3 is 12.3 Å². The van der Waals surface area contributed by atoms with Crippen LogP contribution in [0.2, 0.25) is 10.0 Å². The van der Waals surface area contributed by atoms with Crippen molar-refractivity contribution in [1.82, 2.24) is 0 Å². The lowest BCUT2D eigenvalue weighted by Crippen LogP contribution is -2.28. The number of aryl methyl sites for hydroxylation is 1. The van der Waals surface area contributed by atoms with Crippen LogP contribution in [0.4, 0.5) is 0 Å². The molecule has 0 fully saturated rings. The minimum Gasteiger partial charge on any atom is -0.476 e. The summed E-state index contributed by atoms with van der Waals surface area (Å²) in [4.78, 5) is 10.8. The van der Waals surface area contributed by atoms with Crippen LogP contribution in [0.15, 0.2) is 40.1 Å². The summed E-state index contributed by atoms with van der Waals surface area (Å²) in [5.74, 6) is -1.10. The first-order chi connectivity index (χ1) is 11.2. The number of aliphatic carboxylic acids is 1. The molecule has 1 unspecified atom stereocenters. The molecule has 24 heavy (non-hydrogen) atoms. The molecule has 0 aromatic heterocycles. The van der Waals surface area contributed by atoms with Crippen LogP contribution in [0, 0.1) is 6.92 Å². The van der Waals surface area contributed by atoms with E-state index >= 15 is 0 Å². The highest BCUT2D eigenvalue weighted by atomic mass is 35.5. The molecule has 126 valence electrons. The zero-order valence-corrected chi connectivity index (χ0v) is 14.4. The number of carboxylic acids is 1. The average Bonchev–Trinajstić information content (AvgIpc) is 2.88. The van der Waals surface area contributed by atoms with Gasteiger partial charge < -0.3 is 14.6 Å². The second kappa shape index (κ2) is 5.84. The Morgan fingerprint density at radius 1 is 1.04 bits per heavy atom. The molecule has 6 nitrogen and oxygen atoms in total. The summed E-state index contributed by atoms with van der Waals surface area (Å²) in [7, 11) is -3.93. The molecule has 1 N–H and O–H groups in total. The summed E-state index contributed by atoms with van der Waals surface area (Å²) in [5.41, 5.74) is 0.375. The quantitative estimate of drug-likeness (QED) is 0.866. The molecule has 1 heterocycles. The maximum atomic E-state index is 12.8. The van der Waals surface area contributed by atoms with Crippen LogP contribution in [0.25, 0.3) is 0 Å². The molecule has 2 aromatic rings. The Kier molecular flexibility index (Phi) is 4.11. The van der Waals surface area contributed by atoms with E-state index in [9.17, 15) is 13.2 Å². The number of halogens is 2. The molecule has 0 saturated carbocycles. The first kappa shape index (κ1) is 16.9. The number of benzene rings is 2. The van der Waals surface area contributed by atoms with Crippen molar-refractivity contribution in [3.8, 4) is 11.5 Å². The third kappa shape index (κ3) is 2.90. The Morgan fingerprint density at radius 3 is 2.12 bits per heavy atom. The van der Waals surface area contributed by atoms with Gasteiger partial charge in [-0.15, -0.1) is 0 Å². The van der Waals surface area contributed by atoms with E-state index in [0.29, 0.717) is 5.56 Å². The molecule has 0 amide bonds. The molecule has 0 radical (unpaired) electrons. The van der Waals surface area contributed by atoms with Crippen molar-refractivity contribution in [2.75, 3.05) is 0 Å². The molecular formula is C15H10Cl2O6S. The van der Waals surface area contributed by atoms with Gasteiger partial charge in [-0.1, -0.05) is 23.2 Å². The van der Waals surface area contributed by atoms with E-state index < -0.39 is 22.1 Å². The van der Waals surface area contributed by atoms with Gasteiger partial charge in [-0.2, -0.15) is 0 Å². The van der Waals surface area contributed by atoms with Crippen LogP contribution < -0.4 is 9.47 Å². The van der Waals surface area contributed by atoms with E-state index in [0.717, 1.165) is 0 Å². The molecule has 3 rings (SSSR count). The standard InChI is InChI=1S/C15H10Cl2O6S/c1-7-2-11-12(23-15(22-11)14(18)19)6-13(7)24(20,21)10-4-8(16)3-9(17)5-10/h2-6,15H,1H3,(H,18,19). The molecule has 0 aliphatic carbocycles. The Balaban J connectivity index is 2.10. The molecular weight excluding hydrogens is 379 g/mol. The third-order valence-electron chi connectivity index (χ3n) is 3.35. The number of carbonyl (C=O) groups is 1. The average molecular weight is 389 g/mol. The van der Waals surface area contributed by atoms with Gasteiger partial charge in [0.25, 0.3) is 0 Å². The minimum atomic E-state index is -3.93. The van der Waals surface area contributed by atoms with Gasteiger partial charge in [-0.05, 0) is 36.8 Å². The fourth-order valence-electron chi connectivity index (χ4n) is 2.28. The Labute approximate surface area is 147 Å². The lowest BCUT2D eigenvalue weighted by Gasteiger charge is -2.10. The zero-order valence-electron chi connectivity index (χ0n) is 12.1. The Hall–Kier alpha value is -1.96. The lowest BCUT2D eigenvalue weighted by atomic mass is 10.2. The van der Waals surface area contributed by atoms with Crippen molar-refractivity contribution in [2.45, 2.75) is 23.0 Å². The molecule has 1 atom stereocenters. The van der Waals surface area contributed by atoms with Crippen LogP contribution in [0.1, 0.15) is 5.56 Å². The van der Waals surface area contributed by atoms with Crippen molar-refractivity contribution >= 4 is 39.0 Å². The number of hydrogen-bond acceptors (Lipinski definition) is 5. The van der Waals surface area contributed by atoms with Crippen molar-refractivity contribution in [2.24, 2.45) is 0 Å². The summed E-state index contributed by atoms with van der Waals surface area (Å²) in [5, 5.41) is 9.30. The molecule has 1 aliphatic rings. The van der Waals surface area contributed by atoms with Gasteiger partial charge in [-0.25, -0.2) is 13.2 Å². The van der Waals surface area contributed by atoms with Crippen molar-refractivity contribution in [1.29, 1.82) is 0 Å². The third-order valence-corrected chi connectivity index (χ3v) is 5.66. The van der Waals surface area contributed by atoms with Crippen LogP contribution >= 0.6 is 23.2 Å². The minimum absolute atomic E-state index is 0.0414. The lowest BCUT2D eigenvalue weighted by molar-refractivity contribution is -0.154. The van der Waals surface area contributed by atoms with Gasteiger partial charge in [-0.3, -0.25) is 0 Å². The molecule has 2 aromatic carbocycles. The smallest absolute Gasteiger partial charge is 0.387 e. The van der Waals surface area contributed by atoms with Crippen LogP contribution in [-0.4, -0.2) is 25.8 Å². The molecule has 0 spiro atoms. The largest absolute Gasteiger partial charge is 0.476 e. The van der Waals surface area contributed by atoms with Crippen molar-refractivity contribution < 1.29 is 27.8 Å². The van der Waals surface area contributed by atoms with E-state index in [1.165, 1.54) is 30.3 Å². The first-order valence-electron chi connectivity index (χ1n) is 6.60. The van der Waals surface area contributed by atoms with Crippen LogP contribution in [0.5, 0.6) is 11.5 Å². The van der Waals surface area contributed by atoms with Gasteiger partial charge in [0.2, 0.25) is 9.84 Å². The van der Waals surface area contributed by atoms with E-state index in [2.05, 4.69) is 0 Å². The van der Waals surface area contributed by atoms with E-state index in [-0.39, 0.29) is 31.3 Å². The van der Waals surface area contributed by atoms with Gasteiger partial charge in [0.1, 0.15) is 0 Å². The number of fused-ring (bicyclic) bond motifs is 1. The monoisotopic (exact) mass is 388 g/mol. The van der Waals surface area contributed by atoms with Crippen LogP contribution in [-0.2, 0) is 14.6 Å². The maximum Gasteiger partial charge on any atom is 0.387 e. The summed E-state index contributed by atoms with van der Waals surface area (Å²) in [6.45, 7) is 1.57. The first-order valence-corrected chi connectivity index (χ1v) is 8.84. The molecule has 9 heteroatoms. The highest BCUT2D eigenvalue weighted by Gasteiger charge is 2.33. The zero-order chi connectivity index (χ0) is 17.6. The summed E-state index contributed by atoms with van der Waals surface area (Å²) in [6, 6.07) is 6.64. The summed E-state index contributed by atoms with van der Waals surface area (Å²) in [6.07, 6.45) is -1.50. The summed E-state index contributed by atoms with van der Waals surface area (Å²) >= 11 is 11.7. The van der Waals surface area contributed by atoms with Crippen molar-refractivity contribution in [3.63, 3.8) is 0 Å². The normalized spacial score (nSPS) is 16.2. The van der Waals surface area contributed by atoms with E-state index in [4.69, 9.17) is 37.8 Å². The molecule has 0 saturated heterocycles. The summed E-state index contributed by atoms with van der Waals surface area (Å²) < 4.78 is 35.9. The topological polar surface area (TPSA) is 89.9 Å². The van der Waals surface area contributed by atoms with Gasteiger partial charge in [0, 0.05) is 16.1 Å². The SMILES string of the molecule is Cc1cc2c(cc1S(=O)(=O)c1cc(Cl)cc(Cl)c1)OC(C(=O)O)O2. The number of rotatable bonds is 3. The maximum absolute atomic E-state index is 12.8. The second-order valence-corrected chi connectivity index (χ2v) is 7.87. The highest BCUT2D eigenvalue weighted by Crippen LogP contribution is 2.40. The number of sulfone groups is 1. The fourth-order valence-corrected chi connectivity index (χ4v) is 4.50. The molecule has 0 bridgehead atoms. The van der Waals surface area contributed by atoms with Gasteiger partial charge in [0.15, 0.2) is 11.5 Å². The number of ether oxygens (including phenoxy) is 2. The number of hydrogen-bond donors (Lipinski definition) is 1. The fraction of sp³-hybridized carbons (Fsp3) is 0.133.